The van der Waals surface area contributed by atoms with Gasteiger partial charge in [0, 0.05) is 29.0 Å². The predicted molar refractivity (Wildman–Crippen MR) is 106 cm³/mol. The summed E-state index contributed by atoms with van der Waals surface area (Å²) in [6, 6.07) is 10.4. The topological polar surface area (TPSA) is 55.5 Å². The summed E-state index contributed by atoms with van der Waals surface area (Å²) >= 11 is 0. The van der Waals surface area contributed by atoms with Gasteiger partial charge in [-0.05, 0) is 73.4 Å². The maximum atomic E-state index is 10.0. The number of aliphatic hydroxyl groups is 1. The highest BCUT2D eigenvalue weighted by atomic mass is 16.3. The summed E-state index contributed by atoms with van der Waals surface area (Å²) in [5.74, 6) is 0. The second-order valence-corrected chi connectivity index (χ2v) is 7.36. The first-order chi connectivity index (χ1) is 12.5. The van der Waals surface area contributed by atoms with Crippen molar-refractivity contribution < 1.29 is 5.11 Å². The molecule has 4 heteroatoms. The van der Waals surface area contributed by atoms with Gasteiger partial charge in [0.2, 0.25) is 0 Å². The molecule has 1 saturated carbocycles. The van der Waals surface area contributed by atoms with Crippen molar-refractivity contribution in [3.05, 3.63) is 59.1 Å². The van der Waals surface area contributed by atoms with E-state index in [0.29, 0.717) is 11.7 Å². The molecule has 0 spiro atoms. The average Bonchev–Trinajstić information content (AvgIpc) is 3.20. The van der Waals surface area contributed by atoms with E-state index in [1.165, 1.54) is 0 Å². The first-order valence-corrected chi connectivity index (χ1v) is 9.05. The third-order valence-electron chi connectivity index (χ3n) is 5.71. The maximum absolute atomic E-state index is 10.0. The van der Waals surface area contributed by atoms with Gasteiger partial charge in [0.1, 0.15) is 0 Å². The highest BCUT2D eigenvalue weighted by molar-refractivity contribution is 6.00. The highest BCUT2D eigenvalue weighted by Crippen LogP contribution is 2.41. The van der Waals surface area contributed by atoms with Crippen LogP contribution in [0.1, 0.15) is 36.4 Å². The highest BCUT2D eigenvalue weighted by Gasteiger charge is 2.26. The molecule has 26 heavy (non-hydrogen) atoms. The zero-order valence-corrected chi connectivity index (χ0v) is 15.2. The molecule has 4 rings (SSSR count). The number of hydrogen-bond acceptors (Lipinski definition) is 2. The van der Waals surface area contributed by atoms with Crippen molar-refractivity contribution in [3.8, 4) is 11.1 Å². The molecule has 132 valence electrons. The number of nitrogens with zero attached hydrogens (tertiary/aromatic N) is 2. The van der Waals surface area contributed by atoms with Gasteiger partial charge in [-0.3, -0.25) is 0 Å². The number of hydrogen-bond donors (Lipinski definition) is 2. The molecular formula is C22H23N3O. The van der Waals surface area contributed by atoms with Crippen molar-refractivity contribution in [1.82, 2.24) is 4.57 Å². The van der Waals surface area contributed by atoms with Crippen LogP contribution in [0.25, 0.3) is 26.9 Å². The first-order valence-electron chi connectivity index (χ1n) is 9.05. The van der Waals surface area contributed by atoms with Gasteiger partial charge < -0.3 is 15.4 Å². The molecule has 4 nitrogen and oxygen atoms in total. The number of fused-ring (bicyclic) bond motifs is 1. The lowest BCUT2D eigenvalue weighted by molar-refractivity contribution is 0.178. The van der Waals surface area contributed by atoms with Gasteiger partial charge in [-0.15, -0.1) is 0 Å². The summed E-state index contributed by atoms with van der Waals surface area (Å²) in [4.78, 5) is 3.69. The Labute approximate surface area is 153 Å². The SMILES string of the molecule is [C-]#[N+]c1cc2c(-c3cccc(N)c3C)cn(C3CCC(O)C3)c2cc1C. The molecule has 0 amide bonds. The van der Waals surface area contributed by atoms with Gasteiger partial charge in [0.25, 0.3) is 0 Å². The van der Waals surface area contributed by atoms with Crippen molar-refractivity contribution in [2.45, 2.75) is 45.3 Å². The van der Waals surface area contributed by atoms with Gasteiger partial charge in [-0.1, -0.05) is 12.1 Å². The molecule has 1 aromatic heterocycles. The lowest BCUT2D eigenvalue weighted by atomic mass is 9.98. The number of aliphatic hydroxyl groups excluding tert-OH is 1. The van der Waals surface area contributed by atoms with Crippen LogP contribution in [0.2, 0.25) is 0 Å². The minimum Gasteiger partial charge on any atom is -0.398 e. The fourth-order valence-corrected chi connectivity index (χ4v) is 4.16. The molecule has 1 fully saturated rings. The molecule has 1 aliphatic rings. The van der Waals surface area contributed by atoms with E-state index in [0.717, 1.165) is 58.1 Å². The van der Waals surface area contributed by atoms with E-state index in [1.54, 1.807) is 0 Å². The van der Waals surface area contributed by atoms with Crippen LogP contribution in [-0.4, -0.2) is 15.8 Å². The van der Waals surface area contributed by atoms with E-state index < -0.39 is 0 Å². The van der Waals surface area contributed by atoms with Crippen LogP contribution in [0.15, 0.2) is 36.5 Å². The van der Waals surface area contributed by atoms with Crippen molar-refractivity contribution >= 4 is 22.3 Å². The van der Waals surface area contributed by atoms with Gasteiger partial charge in [-0.2, -0.15) is 0 Å². The Morgan fingerprint density at radius 1 is 1.19 bits per heavy atom. The van der Waals surface area contributed by atoms with E-state index >= 15 is 0 Å². The molecule has 1 heterocycles. The van der Waals surface area contributed by atoms with Gasteiger partial charge in [0.15, 0.2) is 5.69 Å². The monoisotopic (exact) mass is 345 g/mol. The summed E-state index contributed by atoms with van der Waals surface area (Å²) < 4.78 is 2.30. The average molecular weight is 345 g/mol. The minimum absolute atomic E-state index is 0.224. The third-order valence-corrected chi connectivity index (χ3v) is 5.71. The van der Waals surface area contributed by atoms with Crippen molar-refractivity contribution in [2.24, 2.45) is 0 Å². The number of aryl methyl sites for hydroxylation is 1. The molecule has 0 aliphatic heterocycles. The second-order valence-electron chi connectivity index (χ2n) is 7.36. The molecule has 0 saturated heterocycles. The number of benzene rings is 2. The predicted octanol–water partition coefficient (Wildman–Crippen LogP) is 5.14. The van der Waals surface area contributed by atoms with Crippen LogP contribution in [0.3, 0.4) is 0 Å². The molecule has 3 aromatic rings. The molecule has 0 radical (unpaired) electrons. The number of rotatable bonds is 2. The number of nitrogens with two attached hydrogens (primary N) is 1. The normalized spacial score (nSPS) is 19.8. The van der Waals surface area contributed by atoms with Crippen LogP contribution in [0.5, 0.6) is 0 Å². The van der Waals surface area contributed by atoms with Gasteiger partial charge in [-0.25, -0.2) is 4.85 Å². The van der Waals surface area contributed by atoms with Crippen molar-refractivity contribution in [2.75, 3.05) is 5.73 Å². The van der Waals surface area contributed by atoms with Crippen LogP contribution >= 0.6 is 0 Å². The van der Waals surface area contributed by atoms with Gasteiger partial charge >= 0.3 is 0 Å². The Balaban J connectivity index is 2.01. The first kappa shape index (κ1) is 16.7. The Morgan fingerprint density at radius 3 is 2.69 bits per heavy atom. The van der Waals surface area contributed by atoms with Crippen LogP contribution in [0.4, 0.5) is 11.4 Å². The standard InChI is InChI=1S/C22H23N3O/c1-13-9-22-18(11-21(13)24-3)19(17-5-4-6-20(23)14(17)2)12-25(22)15-7-8-16(26)10-15/h4-6,9,11-12,15-16,26H,7-8,10,23H2,1-2H3. The van der Waals surface area contributed by atoms with Gasteiger partial charge in [0.05, 0.1) is 12.7 Å². The quantitative estimate of drug-likeness (QED) is 0.499. The molecule has 0 bridgehead atoms. The Kier molecular flexibility index (Phi) is 3.97. The fourth-order valence-electron chi connectivity index (χ4n) is 4.16. The van der Waals surface area contributed by atoms with Crippen molar-refractivity contribution in [3.63, 3.8) is 0 Å². The third kappa shape index (κ3) is 2.56. The molecule has 2 atom stereocenters. The smallest absolute Gasteiger partial charge is 0.190 e. The summed E-state index contributed by atoms with van der Waals surface area (Å²) in [5, 5.41) is 11.1. The number of aromatic nitrogens is 1. The Bertz CT molecular complexity index is 1040. The largest absolute Gasteiger partial charge is 0.398 e. The summed E-state index contributed by atoms with van der Waals surface area (Å²) in [7, 11) is 0. The number of nitrogen functional groups attached to an aromatic ring is 1. The second kappa shape index (κ2) is 6.19. The lowest BCUT2D eigenvalue weighted by Gasteiger charge is -2.14. The fraction of sp³-hybridized carbons (Fsp3) is 0.318. The molecule has 1 aliphatic carbocycles. The summed E-state index contributed by atoms with van der Waals surface area (Å²) in [6.07, 6.45) is 4.56. The maximum Gasteiger partial charge on any atom is 0.190 e. The summed E-state index contributed by atoms with van der Waals surface area (Å²) in [5.41, 5.74) is 13.0. The van der Waals surface area contributed by atoms with Crippen LogP contribution in [0, 0.1) is 20.4 Å². The van der Waals surface area contributed by atoms with E-state index in [1.807, 2.05) is 32.0 Å². The van der Waals surface area contributed by atoms with E-state index in [-0.39, 0.29) is 6.10 Å². The Hall–Kier alpha value is -2.77. The molecular weight excluding hydrogens is 322 g/mol. The Morgan fingerprint density at radius 2 is 2.00 bits per heavy atom. The van der Waals surface area contributed by atoms with Crippen molar-refractivity contribution in [1.29, 1.82) is 0 Å². The lowest BCUT2D eigenvalue weighted by Crippen LogP contribution is -2.06. The van der Waals surface area contributed by atoms with Crippen LogP contribution < -0.4 is 5.73 Å². The van der Waals surface area contributed by atoms with E-state index in [4.69, 9.17) is 12.3 Å². The van der Waals surface area contributed by atoms with Crippen LogP contribution in [-0.2, 0) is 0 Å². The zero-order valence-electron chi connectivity index (χ0n) is 15.2. The number of anilines is 1. The van der Waals surface area contributed by atoms with E-state index in [9.17, 15) is 5.11 Å². The molecule has 2 unspecified atom stereocenters. The summed E-state index contributed by atoms with van der Waals surface area (Å²) in [6.45, 7) is 11.5. The molecule has 3 N–H and O–H groups in total. The minimum atomic E-state index is -0.224. The molecule has 2 aromatic carbocycles. The zero-order chi connectivity index (χ0) is 18.4. The van der Waals surface area contributed by atoms with E-state index in [2.05, 4.69) is 27.7 Å².